The van der Waals surface area contributed by atoms with Crippen LogP contribution in [0.25, 0.3) is 0 Å². The topological polar surface area (TPSA) is 47.7 Å². The van der Waals surface area contributed by atoms with E-state index < -0.39 is 0 Å². The van der Waals surface area contributed by atoms with Gasteiger partial charge in [-0.1, -0.05) is 0 Å². The van der Waals surface area contributed by atoms with Crippen LogP contribution in [0.15, 0.2) is 18.2 Å². The maximum Gasteiger partial charge on any atom is 0.123 e. The molecule has 4 nitrogen and oxygen atoms in total. The molecule has 0 aliphatic carbocycles. The summed E-state index contributed by atoms with van der Waals surface area (Å²) in [5.74, 6) is 1.44. The summed E-state index contributed by atoms with van der Waals surface area (Å²) in [4.78, 5) is 2.24. The van der Waals surface area contributed by atoms with E-state index in [0.717, 1.165) is 43.3 Å². The van der Waals surface area contributed by atoms with Crippen molar-refractivity contribution in [2.45, 2.75) is 32.8 Å². The zero-order chi connectivity index (χ0) is 14.5. The van der Waals surface area contributed by atoms with Crippen molar-refractivity contribution in [3.63, 3.8) is 0 Å². The molecule has 1 aliphatic heterocycles. The van der Waals surface area contributed by atoms with Crippen molar-refractivity contribution in [2.75, 3.05) is 37.4 Å². The highest BCUT2D eigenvalue weighted by Gasteiger charge is 2.16. The molecule has 112 valence electrons. The predicted octanol–water partition coefficient (Wildman–Crippen LogP) is 2.92. The van der Waals surface area contributed by atoms with Crippen molar-refractivity contribution < 1.29 is 9.47 Å². The van der Waals surface area contributed by atoms with Crippen molar-refractivity contribution in [2.24, 2.45) is 5.92 Å². The van der Waals surface area contributed by atoms with Gasteiger partial charge in [-0.05, 0) is 38.7 Å². The minimum absolute atomic E-state index is 0.154. The van der Waals surface area contributed by atoms with Gasteiger partial charge in [0, 0.05) is 43.7 Å². The number of ether oxygens (including phenoxy) is 2. The van der Waals surface area contributed by atoms with E-state index in [2.05, 4.69) is 18.0 Å². The lowest BCUT2D eigenvalue weighted by molar-refractivity contribution is 0.0576. The highest BCUT2D eigenvalue weighted by atomic mass is 16.5. The second-order valence-electron chi connectivity index (χ2n) is 5.89. The van der Waals surface area contributed by atoms with Gasteiger partial charge in [0.2, 0.25) is 0 Å². The third-order valence-corrected chi connectivity index (χ3v) is 3.51. The largest absolute Gasteiger partial charge is 0.491 e. The number of anilines is 2. The molecular formula is C16H26N2O2. The molecule has 0 bridgehead atoms. The molecule has 1 aliphatic rings. The van der Waals surface area contributed by atoms with Gasteiger partial charge in [-0.2, -0.15) is 0 Å². The Morgan fingerprint density at radius 3 is 2.85 bits per heavy atom. The maximum atomic E-state index is 5.97. The molecule has 1 saturated heterocycles. The van der Waals surface area contributed by atoms with E-state index in [-0.39, 0.29) is 6.10 Å². The minimum Gasteiger partial charge on any atom is -0.491 e. The molecule has 0 radical (unpaired) electrons. The van der Waals surface area contributed by atoms with E-state index in [1.54, 1.807) is 0 Å². The highest BCUT2D eigenvalue weighted by Crippen LogP contribution is 2.27. The summed E-state index contributed by atoms with van der Waals surface area (Å²) in [5, 5.41) is 0. The van der Waals surface area contributed by atoms with Crippen LogP contribution in [0, 0.1) is 5.92 Å². The Bertz CT molecular complexity index is 428. The first-order chi connectivity index (χ1) is 9.54. The number of benzene rings is 1. The first kappa shape index (κ1) is 15.0. The maximum absolute atomic E-state index is 5.97. The lowest BCUT2D eigenvalue weighted by Gasteiger charge is -2.29. The van der Waals surface area contributed by atoms with Crippen LogP contribution < -0.4 is 15.4 Å². The van der Waals surface area contributed by atoms with Crippen molar-refractivity contribution in [3.05, 3.63) is 18.2 Å². The SMILES string of the molecule is CC(C)Oc1cc(N)cc(N(C)CC2CCCOC2)c1. The van der Waals surface area contributed by atoms with Crippen molar-refractivity contribution in [1.29, 1.82) is 0 Å². The molecule has 0 spiro atoms. The molecule has 2 rings (SSSR count). The predicted molar refractivity (Wildman–Crippen MR) is 83.4 cm³/mol. The molecule has 2 N–H and O–H groups in total. The molecule has 20 heavy (non-hydrogen) atoms. The molecular weight excluding hydrogens is 252 g/mol. The Balaban J connectivity index is 2.04. The fourth-order valence-electron chi connectivity index (χ4n) is 2.61. The summed E-state index contributed by atoms with van der Waals surface area (Å²) >= 11 is 0. The monoisotopic (exact) mass is 278 g/mol. The number of hydrogen-bond acceptors (Lipinski definition) is 4. The lowest BCUT2D eigenvalue weighted by atomic mass is 10.0. The van der Waals surface area contributed by atoms with Gasteiger partial charge < -0.3 is 20.1 Å². The van der Waals surface area contributed by atoms with Crippen LogP contribution in [0.4, 0.5) is 11.4 Å². The quantitative estimate of drug-likeness (QED) is 0.841. The van der Waals surface area contributed by atoms with Crippen LogP contribution in [0.2, 0.25) is 0 Å². The Morgan fingerprint density at radius 1 is 1.40 bits per heavy atom. The summed E-state index contributed by atoms with van der Waals surface area (Å²) in [6, 6.07) is 5.93. The summed E-state index contributed by atoms with van der Waals surface area (Å²) in [7, 11) is 2.10. The second kappa shape index (κ2) is 6.84. The molecule has 4 heteroatoms. The second-order valence-corrected chi connectivity index (χ2v) is 5.89. The van der Waals surface area contributed by atoms with E-state index in [1.165, 1.54) is 6.42 Å². The number of rotatable bonds is 5. The van der Waals surface area contributed by atoms with Gasteiger partial charge in [0.1, 0.15) is 5.75 Å². The van der Waals surface area contributed by atoms with E-state index in [0.29, 0.717) is 5.92 Å². The van der Waals surface area contributed by atoms with Crippen LogP contribution in [-0.4, -0.2) is 32.9 Å². The first-order valence-corrected chi connectivity index (χ1v) is 7.40. The number of nitrogens with zero attached hydrogens (tertiary/aromatic N) is 1. The van der Waals surface area contributed by atoms with Gasteiger partial charge in [0.25, 0.3) is 0 Å². The van der Waals surface area contributed by atoms with Gasteiger partial charge in [-0.15, -0.1) is 0 Å². The van der Waals surface area contributed by atoms with Gasteiger partial charge in [-0.25, -0.2) is 0 Å². The van der Waals surface area contributed by atoms with E-state index in [9.17, 15) is 0 Å². The van der Waals surface area contributed by atoms with Gasteiger partial charge in [-0.3, -0.25) is 0 Å². The minimum atomic E-state index is 0.154. The summed E-state index contributed by atoms with van der Waals surface area (Å²) in [5.41, 5.74) is 7.82. The lowest BCUT2D eigenvalue weighted by Crippen LogP contribution is -2.30. The zero-order valence-electron chi connectivity index (χ0n) is 12.8. The molecule has 1 heterocycles. The van der Waals surface area contributed by atoms with Crippen LogP contribution in [0.5, 0.6) is 5.75 Å². The van der Waals surface area contributed by atoms with Crippen molar-refractivity contribution >= 4 is 11.4 Å². The van der Waals surface area contributed by atoms with Gasteiger partial charge in [0.05, 0.1) is 12.7 Å². The van der Waals surface area contributed by atoms with E-state index >= 15 is 0 Å². The van der Waals surface area contributed by atoms with Crippen LogP contribution >= 0.6 is 0 Å². The van der Waals surface area contributed by atoms with Crippen LogP contribution in [0.1, 0.15) is 26.7 Å². The van der Waals surface area contributed by atoms with Crippen molar-refractivity contribution in [1.82, 2.24) is 0 Å². The number of hydrogen-bond donors (Lipinski definition) is 1. The standard InChI is InChI=1S/C16H26N2O2/c1-12(2)20-16-8-14(17)7-15(9-16)18(3)10-13-5-4-6-19-11-13/h7-9,12-13H,4-6,10-11,17H2,1-3H3. The fourth-order valence-corrected chi connectivity index (χ4v) is 2.61. The zero-order valence-corrected chi connectivity index (χ0v) is 12.8. The molecule has 0 saturated carbocycles. The molecule has 1 atom stereocenters. The van der Waals surface area contributed by atoms with Crippen LogP contribution in [0.3, 0.4) is 0 Å². The molecule has 0 aromatic heterocycles. The molecule has 1 aromatic rings. The Morgan fingerprint density at radius 2 is 2.20 bits per heavy atom. The third kappa shape index (κ3) is 4.30. The molecule has 1 aromatic carbocycles. The highest BCUT2D eigenvalue weighted by molar-refractivity contribution is 5.60. The van der Waals surface area contributed by atoms with Gasteiger partial charge in [0.15, 0.2) is 0 Å². The molecule has 1 fully saturated rings. The average molecular weight is 278 g/mol. The van der Waals surface area contributed by atoms with Gasteiger partial charge >= 0.3 is 0 Å². The molecule has 1 unspecified atom stereocenters. The van der Waals surface area contributed by atoms with E-state index in [4.69, 9.17) is 15.2 Å². The van der Waals surface area contributed by atoms with Crippen molar-refractivity contribution in [3.8, 4) is 5.75 Å². The Kier molecular flexibility index (Phi) is 5.12. The summed E-state index contributed by atoms with van der Waals surface area (Å²) in [6.07, 6.45) is 2.56. The summed E-state index contributed by atoms with van der Waals surface area (Å²) in [6.45, 7) is 6.80. The smallest absolute Gasteiger partial charge is 0.123 e. The normalized spacial score (nSPS) is 19.1. The Labute approximate surface area is 121 Å². The summed E-state index contributed by atoms with van der Waals surface area (Å²) < 4.78 is 11.3. The molecule has 0 amide bonds. The Hall–Kier alpha value is -1.42. The fraction of sp³-hybridized carbons (Fsp3) is 0.625. The van der Waals surface area contributed by atoms with E-state index in [1.807, 2.05) is 26.0 Å². The third-order valence-electron chi connectivity index (χ3n) is 3.51. The number of nitrogen functional groups attached to an aromatic ring is 1. The van der Waals surface area contributed by atoms with Crippen LogP contribution in [-0.2, 0) is 4.74 Å². The first-order valence-electron chi connectivity index (χ1n) is 7.40. The average Bonchev–Trinajstić information content (AvgIpc) is 2.38. The number of nitrogens with two attached hydrogens (primary N) is 1.